The molecule has 0 aliphatic carbocycles. The van der Waals surface area contributed by atoms with E-state index in [1.54, 1.807) is 25.4 Å². The fourth-order valence-corrected chi connectivity index (χ4v) is 3.97. The SMILES string of the molecule is COc1cc2c(cc1O)[C@H]1Cc3c(cncc3[C@@H](C)O)C(=O)N1CC2. The molecule has 3 heterocycles. The highest BCUT2D eigenvalue weighted by Crippen LogP contribution is 2.43. The Morgan fingerprint density at radius 1 is 1.36 bits per heavy atom. The highest BCUT2D eigenvalue weighted by molar-refractivity contribution is 5.97. The molecule has 2 aromatic rings. The average Bonchev–Trinajstić information content (AvgIpc) is 2.61. The van der Waals surface area contributed by atoms with E-state index >= 15 is 0 Å². The summed E-state index contributed by atoms with van der Waals surface area (Å²) in [7, 11) is 1.53. The fraction of sp³-hybridized carbons (Fsp3) is 0.368. The van der Waals surface area contributed by atoms with Gasteiger partial charge in [0.05, 0.1) is 24.8 Å². The zero-order chi connectivity index (χ0) is 17.7. The summed E-state index contributed by atoms with van der Waals surface area (Å²) in [5.41, 5.74) is 4.13. The van der Waals surface area contributed by atoms with Gasteiger partial charge in [0.1, 0.15) is 0 Å². The molecule has 1 aromatic heterocycles. The molecule has 6 nitrogen and oxygen atoms in total. The summed E-state index contributed by atoms with van der Waals surface area (Å²) in [6, 6.07) is 3.40. The monoisotopic (exact) mass is 340 g/mol. The first-order valence-electron chi connectivity index (χ1n) is 8.36. The van der Waals surface area contributed by atoms with Crippen molar-refractivity contribution in [2.45, 2.75) is 31.9 Å². The number of fused-ring (bicyclic) bond motifs is 4. The number of amides is 1. The number of methoxy groups -OCH3 is 1. The Hall–Kier alpha value is -2.60. The molecule has 0 bridgehead atoms. The van der Waals surface area contributed by atoms with Crippen molar-refractivity contribution in [3.63, 3.8) is 0 Å². The van der Waals surface area contributed by atoms with Gasteiger partial charge in [-0.2, -0.15) is 0 Å². The number of carbonyl (C=O) groups is 1. The van der Waals surface area contributed by atoms with Crippen molar-refractivity contribution in [3.05, 3.63) is 52.3 Å². The molecule has 1 amide bonds. The number of pyridine rings is 1. The molecule has 0 saturated heterocycles. The van der Waals surface area contributed by atoms with Gasteiger partial charge in [0, 0.05) is 24.5 Å². The Bertz CT molecular complexity index is 863. The van der Waals surface area contributed by atoms with Crippen LogP contribution in [-0.2, 0) is 12.8 Å². The molecule has 0 saturated carbocycles. The van der Waals surface area contributed by atoms with E-state index in [9.17, 15) is 15.0 Å². The van der Waals surface area contributed by atoms with Gasteiger partial charge in [-0.1, -0.05) is 0 Å². The maximum absolute atomic E-state index is 13.0. The van der Waals surface area contributed by atoms with Gasteiger partial charge in [0.15, 0.2) is 11.5 Å². The van der Waals surface area contributed by atoms with Crippen LogP contribution in [0.5, 0.6) is 11.5 Å². The third kappa shape index (κ3) is 2.36. The molecule has 2 aliphatic heterocycles. The second-order valence-electron chi connectivity index (χ2n) is 6.62. The van der Waals surface area contributed by atoms with Gasteiger partial charge in [-0.05, 0) is 48.6 Å². The zero-order valence-electron chi connectivity index (χ0n) is 14.2. The lowest BCUT2D eigenvalue weighted by molar-refractivity contribution is 0.0628. The first-order chi connectivity index (χ1) is 12.0. The normalized spacial score (nSPS) is 19.7. The summed E-state index contributed by atoms with van der Waals surface area (Å²) in [5.74, 6) is 0.456. The van der Waals surface area contributed by atoms with Crippen molar-refractivity contribution in [2.24, 2.45) is 0 Å². The van der Waals surface area contributed by atoms with Crippen LogP contribution in [0.3, 0.4) is 0 Å². The van der Waals surface area contributed by atoms with Crippen LogP contribution in [0.4, 0.5) is 0 Å². The molecule has 2 atom stereocenters. The molecular weight excluding hydrogens is 320 g/mol. The van der Waals surface area contributed by atoms with Gasteiger partial charge in [-0.25, -0.2) is 0 Å². The van der Waals surface area contributed by atoms with Crippen molar-refractivity contribution in [2.75, 3.05) is 13.7 Å². The summed E-state index contributed by atoms with van der Waals surface area (Å²) >= 11 is 0. The first-order valence-corrected chi connectivity index (χ1v) is 8.36. The number of nitrogens with zero attached hydrogens (tertiary/aromatic N) is 2. The van der Waals surface area contributed by atoms with Crippen LogP contribution in [-0.4, -0.2) is 39.7 Å². The molecule has 130 valence electrons. The van der Waals surface area contributed by atoms with Crippen molar-refractivity contribution in [3.8, 4) is 11.5 Å². The number of aliphatic hydroxyl groups is 1. The smallest absolute Gasteiger partial charge is 0.256 e. The summed E-state index contributed by atoms with van der Waals surface area (Å²) in [6.45, 7) is 2.29. The molecule has 25 heavy (non-hydrogen) atoms. The number of ether oxygens (including phenoxy) is 1. The van der Waals surface area contributed by atoms with Crippen molar-refractivity contribution in [1.29, 1.82) is 0 Å². The minimum Gasteiger partial charge on any atom is -0.504 e. The van der Waals surface area contributed by atoms with E-state index in [0.717, 1.165) is 16.7 Å². The summed E-state index contributed by atoms with van der Waals surface area (Å²) in [4.78, 5) is 18.9. The highest BCUT2D eigenvalue weighted by Gasteiger charge is 2.38. The Morgan fingerprint density at radius 3 is 2.88 bits per heavy atom. The number of carbonyl (C=O) groups excluding carboxylic acids is 1. The van der Waals surface area contributed by atoms with Gasteiger partial charge in [-0.3, -0.25) is 9.78 Å². The fourth-order valence-electron chi connectivity index (χ4n) is 3.97. The van der Waals surface area contributed by atoms with Crippen LogP contribution in [0.1, 0.15) is 51.7 Å². The van der Waals surface area contributed by atoms with Gasteiger partial charge in [0.25, 0.3) is 5.91 Å². The van der Waals surface area contributed by atoms with Crippen LogP contribution in [0, 0.1) is 0 Å². The number of aliphatic hydroxyl groups excluding tert-OH is 1. The highest BCUT2D eigenvalue weighted by atomic mass is 16.5. The van der Waals surface area contributed by atoms with Crippen LogP contribution >= 0.6 is 0 Å². The number of phenolic OH excluding ortho intramolecular Hbond substituents is 1. The number of hydrogen-bond acceptors (Lipinski definition) is 5. The van der Waals surface area contributed by atoms with E-state index in [0.29, 0.717) is 36.3 Å². The molecule has 0 fully saturated rings. The number of aromatic hydroxyl groups is 1. The first kappa shape index (κ1) is 15.9. The topological polar surface area (TPSA) is 82.9 Å². The lowest BCUT2D eigenvalue weighted by Crippen LogP contribution is -2.44. The molecule has 2 N–H and O–H groups in total. The Morgan fingerprint density at radius 2 is 2.16 bits per heavy atom. The Balaban J connectivity index is 1.84. The quantitative estimate of drug-likeness (QED) is 0.875. The molecule has 4 rings (SSSR count). The van der Waals surface area contributed by atoms with E-state index in [-0.39, 0.29) is 17.7 Å². The summed E-state index contributed by atoms with van der Waals surface area (Å²) in [5, 5.41) is 20.2. The lowest BCUT2D eigenvalue weighted by Gasteiger charge is -2.41. The second kappa shape index (κ2) is 5.74. The molecule has 6 heteroatoms. The van der Waals surface area contributed by atoms with Crippen LogP contribution in [0.25, 0.3) is 0 Å². The van der Waals surface area contributed by atoms with E-state index < -0.39 is 6.10 Å². The third-order valence-corrected chi connectivity index (χ3v) is 5.23. The average molecular weight is 340 g/mol. The molecule has 0 radical (unpaired) electrons. The summed E-state index contributed by atoms with van der Waals surface area (Å²) < 4.78 is 5.20. The van der Waals surface area contributed by atoms with E-state index in [4.69, 9.17) is 4.74 Å². The minimum atomic E-state index is -0.686. The number of rotatable bonds is 2. The van der Waals surface area contributed by atoms with Crippen molar-refractivity contribution in [1.82, 2.24) is 9.88 Å². The predicted molar refractivity (Wildman–Crippen MR) is 90.7 cm³/mol. The second-order valence-corrected chi connectivity index (χ2v) is 6.62. The molecule has 0 unspecified atom stereocenters. The number of aromatic nitrogens is 1. The van der Waals surface area contributed by atoms with E-state index in [2.05, 4.69) is 4.98 Å². The van der Waals surface area contributed by atoms with E-state index in [1.807, 2.05) is 11.0 Å². The standard InChI is InChI=1S/C19H20N2O4/c1-10(22)14-8-20-9-15-13(14)6-16-12-7-17(23)18(25-2)5-11(12)3-4-21(16)19(15)24/h5,7-10,16,22-23H,3-4,6H2,1-2H3/t10-,16-/m1/s1. The lowest BCUT2D eigenvalue weighted by atomic mass is 9.82. The maximum Gasteiger partial charge on any atom is 0.256 e. The van der Waals surface area contributed by atoms with Gasteiger partial charge in [-0.15, -0.1) is 0 Å². The largest absolute Gasteiger partial charge is 0.504 e. The Labute approximate surface area is 145 Å². The number of benzene rings is 1. The van der Waals surface area contributed by atoms with Crippen molar-refractivity contribution >= 4 is 5.91 Å². The summed E-state index contributed by atoms with van der Waals surface area (Å²) in [6.07, 6.45) is 3.84. The minimum absolute atomic E-state index is 0.0674. The predicted octanol–water partition coefficient (Wildman–Crippen LogP) is 2.14. The van der Waals surface area contributed by atoms with Crippen LogP contribution in [0.2, 0.25) is 0 Å². The number of phenols is 1. The van der Waals surface area contributed by atoms with E-state index in [1.165, 1.54) is 7.11 Å². The van der Waals surface area contributed by atoms with Gasteiger partial charge in [0.2, 0.25) is 0 Å². The Kier molecular flexibility index (Phi) is 3.65. The van der Waals surface area contributed by atoms with Crippen LogP contribution in [0.15, 0.2) is 24.5 Å². The van der Waals surface area contributed by atoms with Crippen LogP contribution < -0.4 is 4.74 Å². The molecule has 2 aliphatic rings. The number of hydrogen-bond donors (Lipinski definition) is 2. The van der Waals surface area contributed by atoms with Crippen molar-refractivity contribution < 1.29 is 19.7 Å². The van der Waals surface area contributed by atoms with Gasteiger partial charge >= 0.3 is 0 Å². The zero-order valence-corrected chi connectivity index (χ0v) is 14.2. The molecular formula is C19H20N2O4. The maximum atomic E-state index is 13.0. The molecule has 1 aromatic carbocycles. The van der Waals surface area contributed by atoms with Gasteiger partial charge < -0.3 is 19.8 Å². The third-order valence-electron chi connectivity index (χ3n) is 5.23. The molecule has 0 spiro atoms.